The van der Waals surface area contributed by atoms with Crippen molar-refractivity contribution in [2.45, 2.75) is 26.4 Å². The summed E-state index contributed by atoms with van der Waals surface area (Å²) >= 11 is 5.76. The van der Waals surface area contributed by atoms with Gasteiger partial charge in [-0.25, -0.2) is 9.78 Å². The SMILES string of the molecule is CC(C)(C)OC(=O)N1CCN(c2ccnc(Cl)c2)S1(=O)=O. The van der Waals surface area contributed by atoms with Gasteiger partial charge >= 0.3 is 16.3 Å². The molecule has 2 rings (SSSR count). The monoisotopic (exact) mass is 333 g/mol. The number of anilines is 1. The second-order valence-electron chi connectivity index (χ2n) is 5.47. The Hall–Kier alpha value is -1.54. The predicted molar refractivity (Wildman–Crippen MR) is 78.5 cm³/mol. The summed E-state index contributed by atoms with van der Waals surface area (Å²) in [7, 11) is -3.96. The lowest BCUT2D eigenvalue weighted by Gasteiger charge is -2.24. The fourth-order valence-electron chi connectivity index (χ4n) is 1.84. The van der Waals surface area contributed by atoms with E-state index in [-0.39, 0.29) is 18.2 Å². The van der Waals surface area contributed by atoms with E-state index in [4.69, 9.17) is 16.3 Å². The Morgan fingerprint density at radius 2 is 2.05 bits per heavy atom. The summed E-state index contributed by atoms with van der Waals surface area (Å²) in [5.41, 5.74) is -0.402. The molecule has 1 aliphatic heterocycles. The molecule has 1 aliphatic rings. The van der Waals surface area contributed by atoms with Crippen molar-refractivity contribution in [3.8, 4) is 0 Å². The van der Waals surface area contributed by atoms with Gasteiger partial charge in [0.05, 0.1) is 18.8 Å². The van der Waals surface area contributed by atoms with E-state index >= 15 is 0 Å². The molecule has 0 atom stereocenters. The molecule has 0 aliphatic carbocycles. The van der Waals surface area contributed by atoms with Crippen LogP contribution in [-0.2, 0) is 14.9 Å². The van der Waals surface area contributed by atoms with Crippen molar-refractivity contribution in [1.82, 2.24) is 9.29 Å². The number of rotatable bonds is 1. The third kappa shape index (κ3) is 3.38. The van der Waals surface area contributed by atoms with Crippen molar-refractivity contribution in [1.29, 1.82) is 0 Å². The van der Waals surface area contributed by atoms with Crippen LogP contribution in [0.15, 0.2) is 18.3 Å². The van der Waals surface area contributed by atoms with Crippen LogP contribution >= 0.6 is 11.6 Å². The summed E-state index contributed by atoms with van der Waals surface area (Å²) in [5, 5.41) is 0.179. The Labute approximate surface area is 128 Å². The molecular weight excluding hydrogens is 318 g/mol. The molecule has 9 heteroatoms. The van der Waals surface area contributed by atoms with Crippen LogP contribution in [-0.4, -0.2) is 42.5 Å². The number of pyridine rings is 1. The molecule has 1 saturated heterocycles. The van der Waals surface area contributed by atoms with Gasteiger partial charge in [-0.3, -0.25) is 4.31 Å². The number of carbonyl (C=O) groups is 1. The first-order valence-corrected chi connectivity index (χ1v) is 8.04. The highest BCUT2D eigenvalue weighted by Crippen LogP contribution is 2.27. The third-order valence-corrected chi connectivity index (χ3v) is 4.70. The van der Waals surface area contributed by atoms with Crippen LogP contribution in [0.3, 0.4) is 0 Å². The Morgan fingerprint density at radius 1 is 1.38 bits per heavy atom. The first kappa shape index (κ1) is 15.8. The van der Waals surface area contributed by atoms with Crippen molar-refractivity contribution < 1.29 is 17.9 Å². The van der Waals surface area contributed by atoms with Crippen LogP contribution in [0.4, 0.5) is 10.5 Å². The second kappa shape index (κ2) is 5.34. The van der Waals surface area contributed by atoms with Crippen molar-refractivity contribution in [2.75, 3.05) is 17.4 Å². The molecule has 0 radical (unpaired) electrons. The van der Waals surface area contributed by atoms with E-state index in [1.165, 1.54) is 18.3 Å². The maximum absolute atomic E-state index is 12.4. The predicted octanol–water partition coefficient (Wildman–Crippen LogP) is 2.04. The third-order valence-electron chi connectivity index (χ3n) is 2.66. The van der Waals surface area contributed by atoms with Gasteiger partial charge in [0.2, 0.25) is 0 Å². The van der Waals surface area contributed by atoms with Crippen LogP contribution in [0.25, 0.3) is 0 Å². The zero-order chi connectivity index (χ0) is 15.8. The Morgan fingerprint density at radius 3 is 2.62 bits per heavy atom. The number of halogens is 1. The fraction of sp³-hybridized carbons (Fsp3) is 0.500. The zero-order valence-electron chi connectivity index (χ0n) is 11.9. The van der Waals surface area contributed by atoms with Gasteiger partial charge in [-0.2, -0.15) is 12.7 Å². The van der Waals surface area contributed by atoms with Crippen molar-refractivity contribution in [3.05, 3.63) is 23.5 Å². The van der Waals surface area contributed by atoms with Crippen LogP contribution in [0.5, 0.6) is 0 Å². The van der Waals surface area contributed by atoms with Gasteiger partial charge < -0.3 is 4.74 Å². The summed E-state index contributed by atoms with van der Waals surface area (Å²) < 4.78 is 31.8. The minimum absolute atomic E-state index is 0.0250. The summed E-state index contributed by atoms with van der Waals surface area (Å²) in [6.45, 7) is 5.19. The standard InChI is InChI=1S/C12H16ClN3O4S/c1-12(2,3)20-11(17)16-7-6-15(21(16,18)19)9-4-5-14-10(13)8-9/h4-5,8H,6-7H2,1-3H3. The van der Waals surface area contributed by atoms with Crippen molar-refractivity contribution in [3.63, 3.8) is 0 Å². The molecular formula is C12H16ClN3O4S. The summed E-state index contributed by atoms with van der Waals surface area (Å²) in [5.74, 6) is 0. The molecule has 0 N–H and O–H groups in total. The number of amides is 1. The second-order valence-corrected chi connectivity index (χ2v) is 7.63. The lowest BCUT2D eigenvalue weighted by Crippen LogP contribution is -2.40. The van der Waals surface area contributed by atoms with Gasteiger partial charge in [0.25, 0.3) is 0 Å². The summed E-state index contributed by atoms with van der Waals surface area (Å²) in [6.07, 6.45) is 0.522. The quantitative estimate of drug-likeness (QED) is 0.735. The molecule has 116 valence electrons. The number of hydrogen-bond donors (Lipinski definition) is 0. The van der Waals surface area contributed by atoms with Gasteiger partial charge in [0, 0.05) is 6.20 Å². The average Bonchev–Trinajstić information content (AvgIpc) is 2.62. The lowest BCUT2D eigenvalue weighted by molar-refractivity contribution is 0.0405. The lowest BCUT2D eigenvalue weighted by atomic mass is 10.2. The van der Waals surface area contributed by atoms with Gasteiger partial charge in [0.1, 0.15) is 10.8 Å². The van der Waals surface area contributed by atoms with E-state index in [2.05, 4.69) is 4.98 Å². The van der Waals surface area contributed by atoms with Crippen LogP contribution in [0, 0.1) is 0 Å². The molecule has 1 aromatic heterocycles. The van der Waals surface area contributed by atoms with Gasteiger partial charge in [-0.15, -0.1) is 0 Å². The maximum atomic E-state index is 12.4. The molecule has 0 spiro atoms. The molecule has 21 heavy (non-hydrogen) atoms. The molecule has 7 nitrogen and oxygen atoms in total. The minimum atomic E-state index is -3.96. The van der Waals surface area contributed by atoms with E-state index in [0.29, 0.717) is 9.99 Å². The minimum Gasteiger partial charge on any atom is -0.443 e. The topological polar surface area (TPSA) is 79.8 Å². The molecule has 0 unspecified atom stereocenters. The molecule has 0 saturated carbocycles. The number of nitrogens with zero attached hydrogens (tertiary/aromatic N) is 3. The number of aromatic nitrogens is 1. The van der Waals surface area contributed by atoms with E-state index in [9.17, 15) is 13.2 Å². The maximum Gasteiger partial charge on any atom is 0.425 e. The van der Waals surface area contributed by atoms with E-state index < -0.39 is 21.9 Å². The fourth-order valence-corrected chi connectivity index (χ4v) is 3.48. The van der Waals surface area contributed by atoms with E-state index in [1.54, 1.807) is 20.8 Å². The molecule has 0 aromatic carbocycles. The van der Waals surface area contributed by atoms with E-state index in [1.807, 2.05) is 0 Å². The Bertz CT molecular complexity index is 657. The van der Waals surface area contributed by atoms with Crippen molar-refractivity contribution in [2.24, 2.45) is 0 Å². The highest BCUT2D eigenvalue weighted by Gasteiger charge is 2.42. The normalized spacial score (nSPS) is 17.9. The van der Waals surface area contributed by atoms with Gasteiger partial charge in [-0.05, 0) is 32.9 Å². The highest BCUT2D eigenvalue weighted by atomic mass is 35.5. The Balaban J connectivity index is 2.26. The molecule has 1 amide bonds. The molecule has 0 bridgehead atoms. The van der Waals surface area contributed by atoms with Crippen molar-refractivity contribution >= 4 is 33.6 Å². The first-order chi connectivity index (χ1) is 9.61. The van der Waals surface area contributed by atoms with Crippen LogP contribution in [0.1, 0.15) is 20.8 Å². The molecule has 1 fully saturated rings. The smallest absolute Gasteiger partial charge is 0.425 e. The summed E-state index contributed by atoms with van der Waals surface area (Å²) in [4.78, 5) is 15.8. The first-order valence-electron chi connectivity index (χ1n) is 6.26. The number of carbonyl (C=O) groups excluding carboxylic acids is 1. The highest BCUT2D eigenvalue weighted by molar-refractivity contribution is 7.91. The summed E-state index contributed by atoms with van der Waals surface area (Å²) in [6, 6.07) is 2.94. The van der Waals surface area contributed by atoms with Crippen LogP contribution in [0.2, 0.25) is 5.15 Å². The Kier molecular flexibility index (Phi) is 4.03. The van der Waals surface area contributed by atoms with Gasteiger partial charge in [0.15, 0.2) is 0 Å². The average molecular weight is 334 g/mol. The largest absolute Gasteiger partial charge is 0.443 e. The molecule has 2 heterocycles. The molecule has 1 aromatic rings. The van der Waals surface area contributed by atoms with E-state index in [0.717, 1.165) is 4.31 Å². The van der Waals surface area contributed by atoms with Crippen LogP contribution < -0.4 is 4.31 Å². The van der Waals surface area contributed by atoms with Gasteiger partial charge in [-0.1, -0.05) is 11.6 Å². The zero-order valence-corrected chi connectivity index (χ0v) is 13.5. The number of hydrogen-bond acceptors (Lipinski definition) is 5. The number of ether oxygens (including phenoxy) is 1.